The monoisotopic (exact) mass is 609 g/mol. The lowest BCUT2D eigenvalue weighted by molar-refractivity contribution is -0.139. The van der Waals surface area contributed by atoms with Crippen LogP contribution >= 0.6 is 0 Å². The summed E-state index contributed by atoms with van der Waals surface area (Å²) >= 11 is 0. The number of hydrogen-bond donors (Lipinski definition) is 4. The molecule has 0 bridgehead atoms. The van der Waals surface area contributed by atoms with Gasteiger partial charge in [-0.1, -0.05) is 13.0 Å². The highest BCUT2D eigenvalue weighted by Crippen LogP contribution is 1.90. The highest BCUT2D eigenvalue weighted by atomic mass is 16.6. The molecule has 0 fully saturated rings. The second-order valence-corrected chi connectivity index (χ2v) is 7.82. The second-order valence-electron chi connectivity index (χ2n) is 7.82. The van der Waals surface area contributed by atoms with Crippen molar-refractivity contribution in [2.45, 2.75) is 19.8 Å². The summed E-state index contributed by atoms with van der Waals surface area (Å²) in [7, 11) is 0. The molecule has 17 heteroatoms. The fourth-order valence-electron chi connectivity index (χ4n) is 2.46. The van der Waals surface area contributed by atoms with E-state index in [-0.39, 0.29) is 72.6 Å². The lowest BCUT2D eigenvalue weighted by Gasteiger charge is -2.08. The van der Waals surface area contributed by atoms with Crippen LogP contribution < -0.4 is 16.0 Å². The van der Waals surface area contributed by atoms with Gasteiger partial charge in [0.05, 0.1) is 46.2 Å². The molecule has 0 unspecified atom stereocenters. The van der Waals surface area contributed by atoms with Gasteiger partial charge in [0, 0.05) is 25.8 Å². The molecule has 0 aliphatic heterocycles. The van der Waals surface area contributed by atoms with E-state index in [4.69, 9.17) is 38.3 Å². The molecule has 0 atom stereocenters. The minimum Gasteiger partial charge on any atom is -0.480 e. The van der Waals surface area contributed by atoms with Gasteiger partial charge < -0.3 is 59.0 Å². The number of carbonyl (C=O) groups is 5. The van der Waals surface area contributed by atoms with Crippen molar-refractivity contribution < 1.29 is 67.0 Å². The summed E-state index contributed by atoms with van der Waals surface area (Å²) in [6, 6.07) is 0. The molecule has 0 saturated carbocycles. The summed E-state index contributed by atoms with van der Waals surface area (Å²) in [5.74, 6) is -1.71. The predicted octanol–water partition coefficient (Wildman–Crippen LogP) is 0.216. The molecule has 42 heavy (non-hydrogen) atoms. The molecule has 0 rings (SSSR count). The number of alkyl carbamates (subject to hydrolysis) is 3. The molecule has 0 radical (unpaired) electrons. The van der Waals surface area contributed by atoms with Gasteiger partial charge in [0.15, 0.2) is 0 Å². The highest BCUT2D eigenvalue weighted by Gasteiger charge is 2.05. The molecule has 0 aliphatic carbocycles. The van der Waals surface area contributed by atoms with Crippen LogP contribution in [0.1, 0.15) is 19.8 Å². The van der Waals surface area contributed by atoms with Crippen LogP contribution in [-0.4, -0.2) is 134 Å². The third kappa shape index (κ3) is 29.3. The molecule has 0 aromatic carbocycles. The molecule has 3 amide bonds. The van der Waals surface area contributed by atoms with Crippen LogP contribution in [0, 0.1) is 0 Å². The lowest BCUT2D eigenvalue weighted by atomic mass is 10.4. The Balaban J connectivity index is 3.45. The SMILES string of the molecule is CCCOCCOC(=O)NCCOCCOC(=O)/C=C/CCOCCOC(=O)NCCOCCOC(=O)NCC(=O)O. The Morgan fingerprint density at radius 1 is 0.571 bits per heavy atom. The average molecular weight is 610 g/mol. The summed E-state index contributed by atoms with van der Waals surface area (Å²) in [5, 5.41) is 15.4. The number of aliphatic carboxylic acids is 1. The van der Waals surface area contributed by atoms with E-state index < -0.39 is 36.8 Å². The summed E-state index contributed by atoms with van der Waals surface area (Å²) in [6.45, 7) is 4.17. The minimum absolute atomic E-state index is 0.0302. The van der Waals surface area contributed by atoms with E-state index in [1.807, 2.05) is 12.2 Å². The fourth-order valence-corrected chi connectivity index (χ4v) is 2.46. The summed E-state index contributed by atoms with van der Waals surface area (Å²) in [4.78, 5) is 55.9. The number of carboxylic acids is 1. The van der Waals surface area contributed by atoms with E-state index in [0.29, 0.717) is 26.2 Å². The van der Waals surface area contributed by atoms with Crippen LogP contribution in [0.25, 0.3) is 0 Å². The van der Waals surface area contributed by atoms with Crippen molar-refractivity contribution in [3.05, 3.63) is 12.2 Å². The molecule has 0 aromatic rings. The average Bonchev–Trinajstić information content (AvgIpc) is 2.96. The van der Waals surface area contributed by atoms with Gasteiger partial charge in [-0.3, -0.25) is 4.79 Å². The molecule has 0 aromatic heterocycles. The number of carboxylic acid groups (broad SMARTS) is 1. The van der Waals surface area contributed by atoms with Gasteiger partial charge in [-0.05, 0) is 12.8 Å². The van der Waals surface area contributed by atoms with Gasteiger partial charge in [-0.15, -0.1) is 0 Å². The Morgan fingerprint density at radius 2 is 1.02 bits per heavy atom. The van der Waals surface area contributed by atoms with Crippen LogP contribution in [0.4, 0.5) is 14.4 Å². The molecule has 0 saturated heterocycles. The second kappa shape index (κ2) is 28.8. The van der Waals surface area contributed by atoms with Gasteiger partial charge >= 0.3 is 30.2 Å². The van der Waals surface area contributed by atoms with Crippen LogP contribution in [0.3, 0.4) is 0 Å². The Bertz CT molecular complexity index is 781. The molecular formula is C25H43N3O14. The van der Waals surface area contributed by atoms with Crippen molar-refractivity contribution in [1.82, 2.24) is 16.0 Å². The Hall–Kier alpha value is -3.67. The Labute approximate surface area is 244 Å². The molecule has 4 N–H and O–H groups in total. The first-order chi connectivity index (χ1) is 20.3. The zero-order chi connectivity index (χ0) is 31.1. The van der Waals surface area contributed by atoms with Crippen LogP contribution in [0.5, 0.6) is 0 Å². The standard InChI is InChI=1S/C25H43N3O14/c1-2-8-35-13-17-40-23(32)26-6-10-37-12-16-39-22(31)5-3-4-9-36-14-18-41-24(33)27-7-11-38-15-19-42-25(34)28-20-21(29)30/h3,5H,2,4,6-20H2,1H3,(H,26,32)(H,27,33)(H,28,34)(H,29,30)/b5-3+. The molecule has 0 heterocycles. The lowest BCUT2D eigenvalue weighted by Crippen LogP contribution is -2.31. The van der Waals surface area contributed by atoms with Gasteiger partial charge in [-0.25, -0.2) is 19.2 Å². The number of ether oxygens (including phenoxy) is 8. The zero-order valence-electron chi connectivity index (χ0n) is 23.9. The first-order valence-corrected chi connectivity index (χ1v) is 13.4. The van der Waals surface area contributed by atoms with Crippen molar-refractivity contribution in [2.75, 3.05) is 98.9 Å². The Kier molecular flexibility index (Phi) is 26.3. The zero-order valence-corrected chi connectivity index (χ0v) is 23.9. The van der Waals surface area contributed by atoms with Crippen LogP contribution in [0.2, 0.25) is 0 Å². The van der Waals surface area contributed by atoms with E-state index in [1.165, 1.54) is 6.08 Å². The summed E-state index contributed by atoms with van der Waals surface area (Å²) in [5.41, 5.74) is 0. The van der Waals surface area contributed by atoms with E-state index in [1.54, 1.807) is 6.08 Å². The summed E-state index contributed by atoms with van der Waals surface area (Å²) < 4.78 is 40.4. The van der Waals surface area contributed by atoms with Gasteiger partial charge in [0.2, 0.25) is 0 Å². The molecule has 0 spiro atoms. The minimum atomic E-state index is -1.19. The number of amides is 3. The molecule has 242 valence electrons. The van der Waals surface area contributed by atoms with Crippen LogP contribution in [-0.2, 0) is 47.5 Å². The normalized spacial score (nSPS) is 10.6. The number of rotatable bonds is 26. The molecule has 17 nitrogen and oxygen atoms in total. The number of carbonyl (C=O) groups excluding carboxylic acids is 4. The van der Waals surface area contributed by atoms with E-state index in [9.17, 15) is 24.0 Å². The maximum absolute atomic E-state index is 11.6. The Morgan fingerprint density at radius 3 is 1.52 bits per heavy atom. The number of esters is 1. The predicted molar refractivity (Wildman–Crippen MR) is 144 cm³/mol. The third-order valence-electron chi connectivity index (χ3n) is 4.30. The molecule has 0 aliphatic rings. The first-order valence-electron chi connectivity index (χ1n) is 13.4. The van der Waals surface area contributed by atoms with E-state index in [2.05, 4.69) is 15.4 Å². The third-order valence-corrected chi connectivity index (χ3v) is 4.30. The van der Waals surface area contributed by atoms with Crippen molar-refractivity contribution in [1.29, 1.82) is 0 Å². The quantitative estimate of drug-likeness (QED) is 0.0447. The van der Waals surface area contributed by atoms with Crippen molar-refractivity contribution in [2.24, 2.45) is 0 Å². The maximum atomic E-state index is 11.6. The highest BCUT2D eigenvalue weighted by molar-refractivity contribution is 5.81. The largest absolute Gasteiger partial charge is 0.480 e. The summed E-state index contributed by atoms with van der Waals surface area (Å²) in [6.07, 6.45) is 2.15. The molecular weight excluding hydrogens is 566 g/mol. The topological polar surface area (TPSA) is 216 Å². The van der Waals surface area contributed by atoms with Crippen molar-refractivity contribution in [3.63, 3.8) is 0 Å². The van der Waals surface area contributed by atoms with E-state index in [0.717, 1.165) is 6.42 Å². The van der Waals surface area contributed by atoms with E-state index >= 15 is 0 Å². The van der Waals surface area contributed by atoms with Crippen molar-refractivity contribution in [3.8, 4) is 0 Å². The first kappa shape index (κ1) is 38.3. The number of nitrogens with one attached hydrogen (secondary N) is 3. The van der Waals surface area contributed by atoms with Crippen molar-refractivity contribution >= 4 is 30.2 Å². The fraction of sp³-hybridized carbons (Fsp3) is 0.720. The van der Waals surface area contributed by atoms with Crippen LogP contribution in [0.15, 0.2) is 12.2 Å². The van der Waals surface area contributed by atoms with Gasteiger partial charge in [0.1, 0.15) is 33.0 Å². The number of hydrogen-bond acceptors (Lipinski definition) is 13. The smallest absolute Gasteiger partial charge is 0.407 e. The maximum Gasteiger partial charge on any atom is 0.407 e. The van der Waals surface area contributed by atoms with Gasteiger partial charge in [0.25, 0.3) is 0 Å². The van der Waals surface area contributed by atoms with Gasteiger partial charge in [-0.2, -0.15) is 0 Å².